The molecule has 0 nitrogen and oxygen atoms in total. The van der Waals surface area contributed by atoms with E-state index in [-0.39, 0.29) is 5.41 Å². The molecule has 0 bridgehead atoms. The van der Waals surface area contributed by atoms with Crippen LogP contribution in [0.1, 0.15) is 99.3 Å². The van der Waals surface area contributed by atoms with E-state index in [9.17, 15) is 0 Å². The van der Waals surface area contributed by atoms with Crippen molar-refractivity contribution in [2.45, 2.75) is 103 Å². The molecule has 0 saturated carbocycles. The molecular weight excluding hydrogens is 937 g/mol. The Morgan fingerprint density at radius 1 is 0.368 bits per heavy atom. The minimum atomic E-state index is 0.260. The Bertz CT molecular complexity index is 1980. The van der Waals surface area contributed by atoms with Crippen molar-refractivity contribution >= 4 is 72.0 Å². The topological polar surface area (TPSA) is 0 Å². The Kier molecular flexibility index (Phi) is 15.9. The van der Waals surface area contributed by atoms with E-state index in [1.807, 2.05) is 24.3 Å². The van der Waals surface area contributed by atoms with Crippen LogP contribution in [0.15, 0.2) is 146 Å². The van der Waals surface area contributed by atoms with Gasteiger partial charge in [-0.2, -0.15) is 0 Å². The Labute approximate surface area is 382 Å². The summed E-state index contributed by atoms with van der Waals surface area (Å²) in [5, 5.41) is 1.58. The van der Waals surface area contributed by atoms with E-state index in [4.69, 9.17) is 23.2 Å². The maximum atomic E-state index is 6.09. The SMILES string of the molecule is Clc1ccc(-c2ccc(CCCCCCC[CH]([InH2])C3([CH]([InH2])CCCCCCCc4ccc(-c5ccc(Cl)cc5)cc4)c4ccccc4-c4ccccc43)cc2)cc1. The Hall–Kier alpha value is -2.36. The normalized spacial score (nSPS) is 13.9. The molecule has 0 amide bonds. The molecule has 0 spiro atoms. The molecule has 0 saturated heterocycles. The molecule has 2 unspecified atom stereocenters. The van der Waals surface area contributed by atoms with Gasteiger partial charge in [-0.05, 0) is 35.4 Å². The largest absolute Gasteiger partial charge is 0.0529 e. The van der Waals surface area contributed by atoms with Crippen LogP contribution in [0, 0.1) is 0 Å². The fourth-order valence-electron chi connectivity index (χ4n) is 9.94. The molecule has 0 aromatic heterocycles. The van der Waals surface area contributed by atoms with E-state index >= 15 is 0 Å². The van der Waals surface area contributed by atoms with Gasteiger partial charge in [0.05, 0.1) is 0 Å². The van der Waals surface area contributed by atoms with E-state index in [1.54, 1.807) is 11.1 Å². The van der Waals surface area contributed by atoms with Gasteiger partial charge in [0, 0.05) is 10.0 Å². The van der Waals surface area contributed by atoms with Crippen molar-refractivity contribution in [3.8, 4) is 33.4 Å². The first-order chi connectivity index (χ1) is 27.9. The first-order valence-corrected chi connectivity index (χ1v) is 29.2. The van der Waals surface area contributed by atoms with Gasteiger partial charge in [-0.25, -0.2) is 0 Å². The Morgan fingerprint density at radius 2 is 0.684 bits per heavy atom. The molecule has 0 radical (unpaired) electrons. The van der Waals surface area contributed by atoms with Gasteiger partial charge in [0.15, 0.2) is 0 Å². The molecule has 57 heavy (non-hydrogen) atoms. The third-order valence-corrected chi connectivity index (χ3v) is 22.1. The standard InChI is InChI=1S/C53H54Cl2.2In.4H/c54-47-35-31-45(32-36-47)43-27-23-41(24-28-43)17-9-5-1-3-7-15-39-53(51-21-13-11-19-49(51)50-20-12-14-22-52(50)53)40-16-8-4-2-6-10-18-42-25-29-44(30-26-42)46-33-37-48(55)38-34-46;;;;;;/h11-14,19-40H,1-10,15-18H2;;;;;;. The first kappa shape index (κ1) is 42.8. The summed E-state index contributed by atoms with van der Waals surface area (Å²) in [7, 11) is 0. The summed E-state index contributed by atoms with van der Waals surface area (Å²) >= 11 is 13.3. The minimum Gasteiger partial charge on any atom is -0.0529 e. The zero-order chi connectivity index (χ0) is 39.5. The van der Waals surface area contributed by atoms with Crippen molar-refractivity contribution < 1.29 is 0 Å². The van der Waals surface area contributed by atoms with Crippen molar-refractivity contribution in [3.63, 3.8) is 0 Å². The predicted octanol–water partition coefficient (Wildman–Crippen LogP) is 14.6. The third-order valence-electron chi connectivity index (χ3n) is 13.1. The number of rotatable bonds is 20. The molecule has 7 rings (SSSR count). The first-order valence-electron chi connectivity index (χ1n) is 21.8. The summed E-state index contributed by atoms with van der Waals surface area (Å²) < 4.78 is 1.70. The zero-order valence-corrected chi connectivity index (χ0v) is 47.1. The number of hydrogen-bond acceptors (Lipinski definition) is 0. The van der Waals surface area contributed by atoms with Crippen LogP contribution in [0.25, 0.3) is 33.4 Å². The van der Waals surface area contributed by atoms with Crippen molar-refractivity contribution in [2.75, 3.05) is 0 Å². The van der Waals surface area contributed by atoms with Crippen LogP contribution >= 0.6 is 23.2 Å². The van der Waals surface area contributed by atoms with E-state index < -0.39 is 0 Å². The predicted molar refractivity (Wildman–Crippen MR) is 254 cm³/mol. The maximum absolute atomic E-state index is 6.09. The van der Waals surface area contributed by atoms with Crippen molar-refractivity contribution in [2.24, 2.45) is 0 Å². The van der Waals surface area contributed by atoms with Gasteiger partial charge in [-0.3, -0.25) is 0 Å². The molecule has 1 aliphatic rings. The van der Waals surface area contributed by atoms with Gasteiger partial charge in [0.25, 0.3) is 0 Å². The van der Waals surface area contributed by atoms with Gasteiger partial charge in [0.2, 0.25) is 0 Å². The smallest absolute Gasteiger partial charge is 0.0429 e. The van der Waals surface area contributed by atoms with Crippen LogP contribution in [0.2, 0.25) is 17.4 Å². The quantitative estimate of drug-likeness (QED) is 0.0669. The molecule has 0 N–H and O–H groups in total. The van der Waals surface area contributed by atoms with E-state index in [1.165, 1.54) is 134 Å². The number of unbranched alkanes of at least 4 members (excludes halogenated alkanes) is 8. The van der Waals surface area contributed by atoms with E-state index in [2.05, 4.69) is 121 Å². The van der Waals surface area contributed by atoms with Crippen molar-refractivity contribution in [1.29, 1.82) is 0 Å². The summed E-state index contributed by atoms with van der Waals surface area (Å²) in [5.41, 5.74) is 14.6. The molecule has 0 fully saturated rings. The molecule has 6 aromatic carbocycles. The van der Waals surface area contributed by atoms with Crippen LogP contribution < -0.4 is 0 Å². The summed E-state index contributed by atoms with van der Waals surface area (Å²) in [4.78, 5) is 0. The Morgan fingerprint density at radius 3 is 1.07 bits per heavy atom. The second-order valence-electron chi connectivity index (χ2n) is 16.8. The molecule has 6 aromatic rings. The molecule has 1 aliphatic carbocycles. The van der Waals surface area contributed by atoms with Crippen LogP contribution in [0.3, 0.4) is 0 Å². The maximum Gasteiger partial charge on any atom is -0.0429 e. The van der Waals surface area contributed by atoms with Crippen LogP contribution in [0.4, 0.5) is 0 Å². The second kappa shape index (κ2) is 21.2. The van der Waals surface area contributed by atoms with Gasteiger partial charge in [-0.15, -0.1) is 0 Å². The van der Waals surface area contributed by atoms with E-state index in [0.29, 0.717) is 48.7 Å². The molecular formula is C53H58Cl2In2. The van der Waals surface area contributed by atoms with E-state index in [0.717, 1.165) is 17.4 Å². The fraction of sp³-hybridized carbons (Fsp3) is 0.321. The average Bonchev–Trinajstić information content (AvgIpc) is 3.55. The number of aryl methyl sites for hydroxylation is 2. The average molecular weight is 996 g/mol. The van der Waals surface area contributed by atoms with Gasteiger partial charge < -0.3 is 0 Å². The number of hydrogen-bond donors (Lipinski definition) is 0. The number of fused-ring (bicyclic) bond motifs is 3. The minimum absolute atomic E-state index is 0.260. The van der Waals surface area contributed by atoms with Gasteiger partial charge in [-0.1, -0.05) is 47.5 Å². The van der Waals surface area contributed by atoms with Crippen molar-refractivity contribution in [1.82, 2.24) is 0 Å². The molecule has 4 heteroatoms. The zero-order valence-electron chi connectivity index (χ0n) is 34.2. The number of halogens is 2. The van der Waals surface area contributed by atoms with Gasteiger partial charge >= 0.3 is 293 Å². The fourth-order valence-corrected chi connectivity index (χ4v) is 24.7. The van der Waals surface area contributed by atoms with Gasteiger partial charge in [0.1, 0.15) is 0 Å². The molecule has 0 heterocycles. The Balaban J connectivity index is 0.880. The summed E-state index contributed by atoms with van der Waals surface area (Å²) in [5.74, 6) is 0. The molecule has 290 valence electrons. The van der Waals surface area contributed by atoms with Crippen LogP contribution in [0.5, 0.6) is 0 Å². The summed E-state index contributed by atoms with van der Waals surface area (Å²) in [6.07, 6.45) is 18.6. The summed E-state index contributed by atoms with van der Waals surface area (Å²) in [6, 6.07) is 53.7. The second-order valence-corrected chi connectivity index (χ2v) is 25.6. The molecule has 2 atom stereocenters. The van der Waals surface area contributed by atoms with Crippen LogP contribution in [-0.2, 0) is 18.3 Å². The number of benzene rings is 6. The monoisotopic (exact) mass is 994 g/mol. The van der Waals surface area contributed by atoms with Crippen LogP contribution in [-0.4, -0.2) is 48.7 Å². The van der Waals surface area contributed by atoms with Crippen molar-refractivity contribution in [3.05, 3.63) is 178 Å². The third kappa shape index (κ3) is 10.7. The summed E-state index contributed by atoms with van der Waals surface area (Å²) in [6.45, 7) is 0. The molecule has 0 aliphatic heterocycles.